The molecule has 2 atom stereocenters. The lowest BCUT2D eigenvalue weighted by atomic mass is 10.0. The highest BCUT2D eigenvalue weighted by Crippen LogP contribution is 2.38. The number of aromatic nitrogens is 3. The molecule has 0 aliphatic carbocycles. The van der Waals surface area contributed by atoms with E-state index in [1.54, 1.807) is 0 Å². The van der Waals surface area contributed by atoms with E-state index >= 15 is 0 Å². The highest BCUT2D eigenvalue weighted by atomic mass is 35.5. The maximum Gasteiger partial charge on any atom is 0.305 e. The molecule has 7 nitrogen and oxygen atoms in total. The third-order valence-corrected chi connectivity index (χ3v) is 8.42. The normalized spacial score (nSPS) is 18.6. The Hall–Kier alpha value is -2.30. The fourth-order valence-corrected chi connectivity index (χ4v) is 5.88. The van der Waals surface area contributed by atoms with Gasteiger partial charge in [-0.15, -0.1) is 6.42 Å². The average Bonchev–Trinajstić information content (AvgIpc) is 3.58. The maximum atomic E-state index is 12.4. The molecule has 3 heterocycles. The number of hydrogen-bond donors (Lipinski definition) is 1. The van der Waals surface area contributed by atoms with Gasteiger partial charge in [0.2, 0.25) is 5.28 Å². The smallest absolute Gasteiger partial charge is 0.305 e. The number of nitrogen functional groups attached to an aromatic ring is 1. The highest BCUT2D eigenvalue weighted by Gasteiger charge is 2.41. The molecule has 2 aromatic heterocycles. The average molecular weight is 587 g/mol. The summed E-state index contributed by atoms with van der Waals surface area (Å²) in [5.74, 6) is 2.83. The second kappa shape index (κ2) is 18.3. The highest BCUT2D eigenvalue weighted by molar-refractivity contribution is 6.28. The molecule has 228 valence electrons. The zero-order valence-corrected chi connectivity index (χ0v) is 25.9. The van der Waals surface area contributed by atoms with Gasteiger partial charge in [-0.3, -0.25) is 4.79 Å². The number of rotatable bonds is 21. The Morgan fingerprint density at radius 3 is 2.15 bits per heavy atom. The number of carbonyl (C=O) groups is 1. The van der Waals surface area contributed by atoms with Gasteiger partial charge in [0.25, 0.3) is 0 Å². The second-order valence-electron chi connectivity index (χ2n) is 11.7. The third-order valence-electron chi connectivity index (χ3n) is 8.25. The van der Waals surface area contributed by atoms with E-state index in [1.807, 2.05) is 16.8 Å². The first-order valence-corrected chi connectivity index (χ1v) is 16.5. The van der Waals surface area contributed by atoms with Crippen molar-refractivity contribution in [3.63, 3.8) is 0 Å². The number of nitrogens with zero attached hydrogens (tertiary/aromatic N) is 3. The summed E-state index contributed by atoms with van der Waals surface area (Å²) in [6, 6.07) is 1.83. The molecular formula is C33H51ClN4O3. The predicted molar refractivity (Wildman–Crippen MR) is 168 cm³/mol. The first kappa shape index (κ1) is 33.2. The van der Waals surface area contributed by atoms with Crippen LogP contribution in [0.1, 0.15) is 142 Å². The molecule has 2 aromatic rings. The Labute approximate surface area is 252 Å². The van der Waals surface area contributed by atoms with Crippen LogP contribution in [0, 0.1) is 12.3 Å². The van der Waals surface area contributed by atoms with Crippen molar-refractivity contribution in [3.8, 4) is 12.3 Å². The van der Waals surface area contributed by atoms with Gasteiger partial charge in [0.05, 0.1) is 5.39 Å². The molecule has 0 bridgehead atoms. The van der Waals surface area contributed by atoms with Crippen LogP contribution in [-0.4, -0.2) is 32.7 Å². The van der Waals surface area contributed by atoms with Crippen LogP contribution in [0.4, 0.5) is 5.82 Å². The van der Waals surface area contributed by atoms with E-state index in [9.17, 15) is 4.79 Å². The Balaban J connectivity index is 1.20. The van der Waals surface area contributed by atoms with Gasteiger partial charge in [0, 0.05) is 12.6 Å². The van der Waals surface area contributed by atoms with Crippen molar-refractivity contribution >= 4 is 34.4 Å². The SMILES string of the molecule is C#C[C@@]1(COC(=O)CCCCCCCCCCCCCCCCCCC)CCC(n2ccc3c(N)nc(Cl)nc32)O1. The van der Waals surface area contributed by atoms with Crippen LogP contribution < -0.4 is 5.73 Å². The van der Waals surface area contributed by atoms with Gasteiger partial charge in [-0.2, -0.15) is 4.98 Å². The number of esters is 1. The first-order chi connectivity index (χ1) is 20.0. The van der Waals surface area contributed by atoms with Crippen LogP contribution in [0.2, 0.25) is 5.28 Å². The fraction of sp³-hybridized carbons (Fsp3) is 0.727. The summed E-state index contributed by atoms with van der Waals surface area (Å²) in [6.45, 7) is 2.33. The number of unbranched alkanes of at least 4 members (excludes halogenated alkanes) is 16. The standard InChI is InChI=1S/C33H51ClN4O3/c1-3-5-6-7-8-9-10-11-12-13-14-15-16-17-18-19-20-21-29(39)40-26-33(4-2)24-22-28(41-33)38-25-23-27-30(35)36-32(34)37-31(27)38/h2,23,25,28H,3,5-22,24,26H2,1H3,(H2,35,36,37)/t28?,33-/m0/s1. The van der Waals surface area contributed by atoms with Gasteiger partial charge in [-0.1, -0.05) is 116 Å². The zero-order chi connectivity index (χ0) is 29.3. The van der Waals surface area contributed by atoms with Crippen LogP contribution in [0.3, 0.4) is 0 Å². The summed E-state index contributed by atoms with van der Waals surface area (Å²) in [5, 5.41) is 0.783. The topological polar surface area (TPSA) is 92.3 Å². The molecule has 0 spiro atoms. The molecule has 2 N–H and O–H groups in total. The minimum absolute atomic E-state index is 0.0505. The minimum Gasteiger partial charge on any atom is -0.462 e. The number of halogens is 1. The Kier molecular flexibility index (Phi) is 14.8. The van der Waals surface area contributed by atoms with Crippen LogP contribution in [-0.2, 0) is 14.3 Å². The van der Waals surface area contributed by atoms with Crippen LogP contribution in [0.25, 0.3) is 11.0 Å². The van der Waals surface area contributed by atoms with E-state index < -0.39 is 5.60 Å². The minimum atomic E-state index is -0.951. The van der Waals surface area contributed by atoms with Crippen LogP contribution >= 0.6 is 11.6 Å². The van der Waals surface area contributed by atoms with E-state index in [4.69, 9.17) is 33.2 Å². The lowest BCUT2D eigenvalue weighted by Crippen LogP contribution is -2.34. The number of fused-ring (bicyclic) bond motifs is 1. The molecule has 0 saturated carbocycles. The number of ether oxygens (including phenoxy) is 2. The molecule has 0 aromatic carbocycles. The number of anilines is 1. The van der Waals surface area contributed by atoms with E-state index in [2.05, 4.69) is 22.8 Å². The van der Waals surface area contributed by atoms with Gasteiger partial charge in [-0.05, 0) is 36.9 Å². The van der Waals surface area contributed by atoms with Crippen LogP contribution in [0.5, 0.6) is 0 Å². The fourth-order valence-electron chi connectivity index (χ4n) is 5.71. The Bertz CT molecular complexity index is 1100. The lowest BCUT2D eigenvalue weighted by Gasteiger charge is -2.24. The van der Waals surface area contributed by atoms with Crippen molar-refractivity contribution in [1.29, 1.82) is 0 Å². The van der Waals surface area contributed by atoms with E-state index in [0.29, 0.717) is 36.1 Å². The molecule has 41 heavy (non-hydrogen) atoms. The van der Waals surface area contributed by atoms with Gasteiger partial charge in [0.15, 0.2) is 5.60 Å². The number of carbonyl (C=O) groups excluding carboxylic acids is 1. The third kappa shape index (κ3) is 11.1. The zero-order valence-electron chi connectivity index (χ0n) is 25.2. The summed E-state index contributed by atoms with van der Waals surface area (Å²) >= 11 is 6.01. The van der Waals surface area contributed by atoms with Crippen molar-refractivity contribution in [2.75, 3.05) is 12.3 Å². The summed E-state index contributed by atoms with van der Waals surface area (Å²) in [4.78, 5) is 20.7. The molecule has 1 aliphatic heterocycles. The van der Waals surface area contributed by atoms with E-state index in [0.717, 1.165) is 12.8 Å². The molecule has 1 aliphatic rings. The number of nitrogens with two attached hydrogens (primary N) is 1. The van der Waals surface area contributed by atoms with Gasteiger partial charge >= 0.3 is 5.97 Å². The van der Waals surface area contributed by atoms with Gasteiger partial charge in [0.1, 0.15) is 24.3 Å². The summed E-state index contributed by atoms with van der Waals surface area (Å²) in [6.07, 6.45) is 31.3. The maximum absolute atomic E-state index is 12.4. The Morgan fingerprint density at radius 2 is 1.59 bits per heavy atom. The van der Waals surface area contributed by atoms with Gasteiger partial charge < -0.3 is 19.8 Å². The molecule has 3 rings (SSSR count). The first-order valence-electron chi connectivity index (χ1n) is 16.1. The van der Waals surface area contributed by atoms with Crippen molar-refractivity contribution < 1.29 is 14.3 Å². The number of hydrogen-bond acceptors (Lipinski definition) is 6. The largest absolute Gasteiger partial charge is 0.462 e. The van der Waals surface area contributed by atoms with Crippen molar-refractivity contribution in [2.24, 2.45) is 0 Å². The summed E-state index contributed by atoms with van der Waals surface area (Å²) in [5.41, 5.74) is 5.61. The molecule has 0 amide bonds. The monoisotopic (exact) mass is 586 g/mol. The van der Waals surface area contributed by atoms with Crippen molar-refractivity contribution in [3.05, 3.63) is 17.5 Å². The summed E-state index contributed by atoms with van der Waals surface area (Å²) < 4.78 is 13.6. The molecule has 1 saturated heterocycles. The summed E-state index contributed by atoms with van der Waals surface area (Å²) in [7, 11) is 0. The van der Waals surface area contributed by atoms with Gasteiger partial charge in [-0.25, -0.2) is 4.98 Å². The Morgan fingerprint density at radius 1 is 1.02 bits per heavy atom. The van der Waals surface area contributed by atoms with E-state index in [1.165, 1.54) is 96.3 Å². The quantitative estimate of drug-likeness (QED) is 0.0679. The van der Waals surface area contributed by atoms with E-state index in [-0.39, 0.29) is 24.1 Å². The van der Waals surface area contributed by atoms with Crippen molar-refractivity contribution in [1.82, 2.24) is 14.5 Å². The molecular weight excluding hydrogens is 536 g/mol. The molecule has 1 fully saturated rings. The predicted octanol–water partition coefficient (Wildman–Crippen LogP) is 8.93. The number of terminal acetylenes is 1. The van der Waals surface area contributed by atoms with Crippen molar-refractivity contribution in [2.45, 2.75) is 147 Å². The second-order valence-corrected chi connectivity index (χ2v) is 12.0. The van der Waals surface area contributed by atoms with Crippen LogP contribution in [0.15, 0.2) is 12.3 Å². The molecule has 8 heteroatoms. The molecule has 1 unspecified atom stereocenters. The lowest BCUT2D eigenvalue weighted by molar-refractivity contribution is -0.152. The molecule has 0 radical (unpaired) electrons.